The van der Waals surface area contributed by atoms with Crippen LogP contribution < -0.4 is 20.7 Å². The Kier molecular flexibility index (Phi) is 15.0. The minimum absolute atomic E-state index is 0.0584. The second-order valence-corrected chi connectivity index (χ2v) is 88.0. The van der Waals surface area contributed by atoms with Crippen LogP contribution in [0.15, 0.2) is 71.8 Å². The zero-order valence-corrected chi connectivity index (χ0v) is 53.0. The Morgan fingerprint density at radius 1 is 0.500 bits per heavy atom. The minimum atomic E-state index is -5.12. The van der Waals surface area contributed by atoms with E-state index in [1.165, 1.54) is 66.8 Å². The monoisotopic (exact) mass is 1060 g/mol. The molecule has 2 atom stereocenters. The zero-order valence-electron chi connectivity index (χ0n) is 43.9. The molecule has 0 saturated carbocycles. The van der Waals surface area contributed by atoms with Gasteiger partial charge in [0.25, 0.3) is 0 Å². The van der Waals surface area contributed by atoms with E-state index < -0.39 is 53.8 Å². The third-order valence-corrected chi connectivity index (χ3v) is 74.9. The molecule has 0 amide bonds. The molecule has 347 valence electrons. The molecule has 0 saturated heterocycles. The summed E-state index contributed by atoms with van der Waals surface area (Å²) in [5.41, 5.74) is 17.3. The van der Waals surface area contributed by atoms with Crippen LogP contribution in [-0.2, 0) is 28.4 Å². The third kappa shape index (κ3) is 9.60. The molecule has 0 fully saturated rings. The molecule has 0 N–H and O–H groups in total. The molecule has 0 aliphatic heterocycles. The number of halogens is 2. The molecule has 4 aromatic rings. The van der Waals surface area contributed by atoms with Gasteiger partial charge in [0.1, 0.15) is 0 Å². The summed E-state index contributed by atoms with van der Waals surface area (Å²) in [7, 11) is 11.9. The van der Waals surface area contributed by atoms with E-state index in [-0.39, 0.29) is 7.25 Å². The van der Waals surface area contributed by atoms with Gasteiger partial charge in [-0.3, -0.25) is 0 Å². The first-order chi connectivity index (χ1) is 29.4. The molecule has 0 bridgehead atoms. The number of aryl methyl sites for hydroxylation is 2. The van der Waals surface area contributed by atoms with Gasteiger partial charge in [-0.15, -0.1) is 0 Å². The number of fused-ring (bicyclic) bond motifs is 2. The van der Waals surface area contributed by atoms with E-state index in [2.05, 4.69) is 206 Å². The Hall–Kier alpha value is -1.09. The molecule has 2 unspecified atom stereocenters. The van der Waals surface area contributed by atoms with E-state index in [0.717, 1.165) is 25.7 Å². The molecule has 0 aromatic heterocycles. The Bertz CT molecular complexity index is 2270. The summed E-state index contributed by atoms with van der Waals surface area (Å²) in [4.78, 5) is 0. The first-order valence-electron chi connectivity index (χ1n) is 25.0. The molecule has 0 radical (unpaired) electrons. The second kappa shape index (κ2) is 18.3. The van der Waals surface area contributed by atoms with Crippen LogP contribution in [0.3, 0.4) is 0 Å². The fraction of sp³-hybridized carbons (Fsp3) is 0.500. The van der Waals surface area contributed by atoms with Gasteiger partial charge in [0.15, 0.2) is 0 Å². The Balaban J connectivity index is 1.71. The van der Waals surface area contributed by atoms with Crippen molar-refractivity contribution in [2.24, 2.45) is 11.8 Å². The van der Waals surface area contributed by atoms with Crippen LogP contribution in [0, 0.1) is 11.8 Å². The molecular weight excluding hydrogens is 975 g/mol. The molecule has 64 heavy (non-hydrogen) atoms. The van der Waals surface area contributed by atoms with E-state index in [0.29, 0.717) is 11.8 Å². The van der Waals surface area contributed by atoms with Crippen LogP contribution in [0.5, 0.6) is 0 Å². The summed E-state index contributed by atoms with van der Waals surface area (Å²) >= 11 is -5.12. The van der Waals surface area contributed by atoms with Gasteiger partial charge < -0.3 is 0 Å². The number of rotatable bonds is 15. The molecule has 6 rings (SSSR count). The van der Waals surface area contributed by atoms with E-state index in [4.69, 9.17) is 0 Å². The normalized spacial score (nSPS) is 17.8. The first-order valence-corrected chi connectivity index (χ1v) is 55.3. The topological polar surface area (TPSA) is 0 Å². The molecule has 0 nitrogen and oxygen atoms in total. The van der Waals surface area contributed by atoms with Crippen LogP contribution in [0.2, 0.25) is 91.7 Å². The van der Waals surface area contributed by atoms with Crippen molar-refractivity contribution in [2.45, 2.75) is 166 Å². The quantitative estimate of drug-likeness (QED) is 0.104. The molecule has 2 aliphatic rings. The fourth-order valence-electron chi connectivity index (χ4n) is 11.0. The number of allylic oxidation sites excluding steroid dienone is 2. The molecule has 0 spiro atoms. The third-order valence-electron chi connectivity index (χ3n) is 15.1. The predicted octanol–water partition coefficient (Wildman–Crippen LogP) is 16.0. The van der Waals surface area contributed by atoms with Crippen molar-refractivity contribution in [3.05, 3.63) is 105 Å². The maximum atomic E-state index is 9.19. The van der Waals surface area contributed by atoms with Gasteiger partial charge in [0.05, 0.1) is 0 Å². The standard InChI is InChI=1S/2C27H39Si2.C2H7Si.2ClH.Zr/c2*1-10-11-20-12-13-21-14-22(19(2)3)17-26(21)27(20)23-15-24(28(4,5)6)18-25(16-23)29(7,8)9;1-3-2;;;/h2*12-19H,10-11H2,1-9H3;3H,1-2H3;2*1H;/q;;;;;+2/p-2. The van der Waals surface area contributed by atoms with Gasteiger partial charge >= 0.3 is 409 Å². The summed E-state index contributed by atoms with van der Waals surface area (Å²) in [5, 5.41) is 6.27. The summed E-state index contributed by atoms with van der Waals surface area (Å²) in [5.74, 6) is -1.13. The summed E-state index contributed by atoms with van der Waals surface area (Å²) < 4.78 is 0.117. The van der Waals surface area contributed by atoms with Gasteiger partial charge in [-0.2, -0.15) is 0 Å². The Morgan fingerprint density at radius 3 is 1.03 bits per heavy atom. The summed E-state index contributed by atoms with van der Waals surface area (Å²) in [6.45, 7) is 49.6. The van der Waals surface area contributed by atoms with Gasteiger partial charge in [-0.25, -0.2) is 0 Å². The van der Waals surface area contributed by atoms with Crippen molar-refractivity contribution >= 4 is 88.1 Å². The van der Waals surface area contributed by atoms with Crippen molar-refractivity contribution in [3.8, 4) is 22.3 Å². The molecule has 0 heterocycles. The van der Waals surface area contributed by atoms with Gasteiger partial charge in [0.2, 0.25) is 0 Å². The van der Waals surface area contributed by atoms with Crippen LogP contribution in [0.1, 0.15) is 95.0 Å². The van der Waals surface area contributed by atoms with Crippen molar-refractivity contribution < 1.29 is 15.6 Å². The maximum absolute atomic E-state index is 9.19. The van der Waals surface area contributed by atoms with E-state index in [9.17, 15) is 17.0 Å². The van der Waals surface area contributed by atoms with Gasteiger partial charge in [0, 0.05) is 0 Å². The average molecular weight is 1060 g/mol. The SMILES string of the molecule is CCCc1ccc2c(c1-c1cc([Si](C)(C)C)cc([Si](C)(C)C)c1)C=C(C(C)C)[CH]2[Zr]([Cl])([Cl])([CH]1C(C(C)C)=Cc2c1ccc(CCC)c2-c1cc([Si](C)(C)C)cc([Si](C)(C)C)c1)[SiH](C)C. The number of hydrogen-bond donors (Lipinski definition) is 0. The molecular formula is C56H85Cl2Si5Zr. The van der Waals surface area contributed by atoms with E-state index in [1.807, 2.05) is 0 Å². The predicted molar refractivity (Wildman–Crippen MR) is 305 cm³/mol. The van der Waals surface area contributed by atoms with Crippen molar-refractivity contribution in [1.29, 1.82) is 0 Å². The van der Waals surface area contributed by atoms with Crippen LogP contribution in [0.4, 0.5) is 0 Å². The summed E-state index contributed by atoms with van der Waals surface area (Å²) in [6, 6.07) is 25.6. The van der Waals surface area contributed by atoms with Crippen molar-refractivity contribution in [2.75, 3.05) is 0 Å². The van der Waals surface area contributed by atoms with Crippen LogP contribution >= 0.6 is 17.0 Å². The van der Waals surface area contributed by atoms with E-state index >= 15 is 0 Å². The average Bonchev–Trinajstić information content (AvgIpc) is 3.78. The van der Waals surface area contributed by atoms with Crippen LogP contribution in [0.25, 0.3) is 34.4 Å². The summed E-state index contributed by atoms with van der Waals surface area (Å²) in [6.07, 6.45) is 9.62. The van der Waals surface area contributed by atoms with Gasteiger partial charge in [-0.05, 0) is 0 Å². The van der Waals surface area contributed by atoms with Gasteiger partial charge in [-0.1, -0.05) is 0 Å². The molecule has 2 aliphatic carbocycles. The zero-order chi connectivity index (χ0) is 47.9. The van der Waals surface area contributed by atoms with E-state index in [1.54, 1.807) is 20.7 Å². The second-order valence-electron chi connectivity index (χ2n) is 25.1. The Morgan fingerprint density at radius 2 is 0.797 bits per heavy atom. The Labute approximate surface area is 405 Å². The molecule has 4 aromatic carbocycles. The van der Waals surface area contributed by atoms with Crippen molar-refractivity contribution in [3.63, 3.8) is 0 Å². The first kappa shape index (κ1) is 52.3. The fourth-order valence-corrected chi connectivity index (χ4v) is 47.5. The molecule has 8 heteroatoms. The van der Waals surface area contributed by atoms with Crippen molar-refractivity contribution in [1.82, 2.24) is 0 Å². The number of benzene rings is 4. The van der Waals surface area contributed by atoms with Crippen LogP contribution in [-0.4, -0.2) is 38.2 Å². The number of hydrogen-bond acceptors (Lipinski definition) is 0.